The third-order valence-electron chi connectivity index (χ3n) is 3.23. The second-order valence-electron chi connectivity index (χ2n) is 4.39. The smallest absolute Gasteiger partial charge is 0.307 e. The molecular formula is C12H15ClN2O2. The van der Waals surface area contributed by atoms with E-state index in [1.54, 1.807) is 12.3 Å². The Labute approximate surface area is 105 Å². The monoisotopic (exact) mass is 254 g/mol. The highest BCUT2D eigenvalue weighted by atomic mass is 35.5. The number of aliphatic carboxylic acids is 1. The Bertz CT molecular complexity index is 405. The summed E-state index contributed by atoms with van der Waals surface area (Å²) in [7, 11) is 0. The molecule has 92 valence electrons. The number of carboxylic acid groups (broad SMARTS) is 1. The minimum absolute atomic E-state index is 0.208. The second kappa shape index (κ2) is 5.47. The predicted molar refractivity (Wildman–Crippen MR) is 65.1 cm³/mol. The van der Waals surface area contributed by atoms with Gasteiger partial charge in [-0.25, -0.2) is 4.98 Å². The zero-order valence-electron chi connectivity index (χ0n) is 9.40. The molecule has 0 amide bonds. The topological polar surface area (TPSA) is 62.2 Å². The van der Waals surface area contributed by atoms with Crippen LogP contribution in [-0.2, 0) is 11.2 Å². The van der Waals surface area contributed by atoms with E-state index < -0.39 is 5.97 Å². The normalized spacial score (nSPS) is 21.4. The second-order valence-corrected chi connectivity index (χ2v) is 4.78. The molecule has 2 rings (SSSR count). The fourth-order valence-corrected chi connectivity index (χ4v) is 2.50. The van der Waals surface area contributed by atoms with Crippen molar-refractivity contribution < 1.29 is 9.90 Å². The summed E-state index contributed by atoms with van der Waals surface area (Å²) in [5, 5.41) is 12.9. The lowest BCUT2D eigenvalue weighted by Crippen LogP contribution is -2.27. The predicted octanol–water partition coefficient (Wildman–Crippen LogP) is 1.59. The molecule has 0 unspecified atom stereocenters. The van der Waals surface area contributed by atoms with Crippen LogP contribution in [0.5, 0.6) is 0 Å². The van der Waals surface area contributed by atoms with Gasteiger partial charge in [0, 0.05) is 6.20 Å². The van der Waals surface area contributed by atoms with Gasteiger partial charge in [0.1, 0.15) is 5.15 Å². The number of aromatic nitrogens is 1. The summed E-state index contributed by atoms with van der Waals surface area (Å²) in [4.78, 5) is 15.2. The lowest BCUT2D eigenvalue weighted by atomic mass is 9.86. The quantitative estimate of drug-likeness (QED) is 0.801. The van der Waals surface area contributed by atoms with Crippen molar-refractivity contribution in [2.75, 3.05) is 13.1 Å². The Hall–Kier alpha value is -1.13. The first kappa shape index (κ1) is 12.3. The number of nitrogens with one attached hydrogen (secondary N) is 1. The van der Waals surface area contributed by atoms with Crippen molar-refractivity contribution in [1.29, 1.82) is 0 Å². The van der Waals surface area contributed by atoms with Crippen molar-refractivity contribution in [2.24, 2.45) is 11.8 Å². The van der Waals surface area contributed by atoms with Crippen LogP contribution >= 0.6 is 11.6 Å². The molecular weight excluding hydrogens is 240 g/mol. The number of halogens is 1. The van der Waals surface area contributed by atoms with Crippen molar-refractivity contribution in [1.82, 2.24) is 10.3 Å². The van der Waals surface area contributed by atoms with Gasteiger partial charge in [-0.05, 0) is 49.5 Å². The highest BCUT2D eigenvalue weighted by Gasteiger charge is 2.30. The molecule has 0 spiro atoms. The third kappa shape index (κ3) is 3.17. The molecule has 0 saturated carbocycles. The van der Waals surface area contributed by atoms with Gasteiger partial charge in [-0.1, -0.05) is 11.6 Å². The molecule has 5 heteroatoms. The molecule has 1 aliphatic heterocycles. The first-order chi connectivity index (χ1) is 8.16. The van der Waals surface area contributed by atoms with Crippen molar-refractivity contribution in [3.63, 3.8) is 0 Å². The van der Waals surface area contributed by atoms with E-state index in [0.717, 1.165) is 25.1 Å². The maximum atomic E-state index is 11.3. The van der Waals surface area contributed by atoms with E-state index in [9.17, 15) is 9.90 Å². The third-order valence-corrected chi connectivity index (χ3v) is 3.44. The summed E-state index contributed by atoms with van der Waals surface area (Å²) in [6.07, 6.45) is 3.06. The molecule has 1 aliphatic rings. The lowest BCUT2D eigenvalue weighted by molar-refractivity contribution is -0.143. The molecule has 0 bridgehead atoms. The number of rotatable bonds is 4. The van der Waals surface area contributed by atoms with Crippen molar-refractivity contribution in [2.45, 2.75) is 12.8 Å². The molecule has 1 saturated heterocycles. The molecule has 1 aromatic rings. The summed E-state index contributed by atoms with van der Waals surface area (Å²) >= 11 is 5.80. The summed E-state index contributed by atoms with van der Waals surface area (Å²) < 4.78 is 0. The number of hydrogen-bond donors (Lipinski definition) is 2. The molecule has 0 radical (unpaired) electrons. The molecule has 2 heterocycles. The Morgan fingerprint density at radius 1 is 1.71 bits per heavy atom. The van der Waals surface area contributed by atoms with Crippen molar-refractivity contribution >= 4 is 17.6 Å². The van der Waals surface area contributed by atoms with Crippen LogP contribution in [0.2, 0.25) is 5.15 Å². The van der Waals surface area contributed by atoms with E-state index in [-0.39, 0.29) is 11.8 Å². The van der Waals surface area contributed by atoms with Crippen LogP contribution in [0.3, 0.4) is 0 Å². The highest BCUT2D eigenvalue weighted by molar-refractivity contribution is 6.29. The molecule has 0 aromatic carbocycles. The maximum Gasteiger partial charge on any atom is 0.307 e. The molecule has 2 atom stereocenters. The molecule has 17 heavy (non-hydrogen) atoms. The standard InChI is InChI=1S/C12H15ClN2O2/c13-11-6-8(1-4-15-11)5-10(12(16)17)9-2-3-14-7-9/h1,4,6,9-10,14H,2-3,5,7H2,(H,16,17)/t9-,10-/m0/s1. The van der Waals surface area contributed by atoms with Crippen LogP contribution in [0, 0.1) is 11.8 Å². The van der Waals surface area contributed by atoms with E-state index in [0.29, 0.717) is 11.6 Å². The van der Waals surface area contributed by atoms with Gasteiger partial charge in [0.15, 0.2) is 0 Å². The van der Waals surface area contributed by atoms with Gasteiger partial charge in [-0.2, -0.15) is 0 Å². The van der Waals surface area contributed by atoms with Gasteiger partial charge in [-0.3, -0.25) is 4.79 Å². The maximum absolute atomic E-state index is 11.3. The zero-order chi connectivity index (χ0) is 12.3. The minimum Gasteiger partial charge on any atom is -0.481 e. The number of pyridine rings is 1. The van der Waals surface area contributed by atoms with Crippen molar-refractivity contribution in [3.8, 4) is 0 Å². The Morgan fingerprint density at radius 2 is 2.53 bits per heavy atom. The van der Waals surface area contributed by atoms with Crippen LogP contribution in [0.4, 0.5) is 0 Å². The SMILES string of the molecule is O=C(O)[C@@H](Cc1ccnc(Cl)c1)[C@H]1CCNC1. The van der Waals surface area contributed by atoms with E-state index in [1.165, 1.54) is 0 Å². The molecule has 1 aromatic heterocycles. The fourth-order valence-electron chi connectivity index (χ4n) is 2.30. The molecule has 0 aliphatic carbocycles. The average molecular weight is 255 g/mol. The average Bonchev–Trinajstić information content (AvgIpc) is 2.78. The Balaban J connectivity index is 2.09. The van der Waals surface area contributed by atoms with E-state index >= 15 is 0 Å². The summed E-state index contributed by atoms with van der Waals surface area (Å²) in [6.45, 7) is 1.70. The number of nitrogens with zero attached hydrogens (tertiary/aromatic N) is 1. The van der Waals surface area contributed by atoms with Gasteiger partial charge >= 0.3 is 5.97 Å². The summed E-state index contributed by atoms with van der Waals surface area (Å²) in [5.74, 6) is -0.866. The lowest BCUT2D eigenvalue weighted by Gasteiger charge is -2.18. The van der Waals surface area contributed by atoms with Gasteiger partial charge in [0.25, 0.3) is 0 Å². The fraction of sp³-hybridized carbons (Fsp3) is 0.500. The number of carboxylic acids is 1. The Morgan fingerprint density at radius 3 is 3.12 bits per heavy atom. The van der Waals surface area contributed by atoms with Crippen LogP contribution in [0.1, 0.15) is 12.0 Å². The first-order valence-corrected chi connectivity index (χ1v) is 6.08. The zero-order valence-corrected chi connectivity index (χ0v) is 10.2. The van der Waals surface area contributed by atoms with E-state index in [2.05, 4.69) is 10.3 Å². The van der Waals surface area contributed by atoms with Crippen LogP contribution in [0.15, 0.2) is 18.3 Å². The number of hydrogen-bond acceptors (Lipinski definition) is 3. The summed E-state index contributed by atoms with van der Waals surface area (Å²) in [5.41, 5.74) is 0.935. The highest BCUT2D eigenvalue weighted by Crippen LogP contribution is 2.24. The van der Waals surface area contributed by atoms with Gasteiger partial charge < -0.3 is 10.4 Å². The molecule has 1 fully saturated rings. The van der Waals surface area contributed by atoms with Crippen LogP contribution in [-0.4, -0.2) is 29.1 Å². The largest absolute Gasteiger partial charge is 0.481 e. The van der Waals surface area contributed by atoms with E-state index in [1.807, 2.05) is 6.07 Å². The van der Waals surface area contributed by atoms with Gasteiger partial charge in [-0.15, -0.1) is 0 Å². The van der Waals surface area contributed by atoms with Gasteiger partial charge in [0.05, 0.1) is 5.92 Å². The summed E-state index contributed by atoms with van der Waals surface area (Å²) in [6, 6.07) is 3.56. The van der Waals surface area contributed by atoms with Crippen LogP contribution < -0.4 is 5.32 Å². The molecule has 4 nitrogen and oxygen atoms in total. The number of carbonyl (C=O) groups is 1. The Kier molecular flexibility index (Phi) is 3.97. The van der Waals surface area contributed by atoms with Gasteiger partial charge in [0.2, 0.25) is 0 Å². The minimum atomic E-state index is -0.730. The van der Waals surface area contributed by atoms with E-state index in [4.69, 9.17) is 11.6 Å². The van der Waals surface area contributed by atoms with Crippen molar-refractivity contribution in [3.05, 3.63) is 29.0 Å². The molecule has 2 N–H and O–H groups in total. The first-order valence-electron chi connectivity index (χ1n) is 5.71. The van der Waals surface area contributed by atoms with Crippen LogP contribution in [0.25, 0.3) is 0 Å².